The van der Waals surface area contributed by atoms with Gasteiger partial charge in [-0.1, -0.05) is 62.6 Å². The lowest BCUT2D eigenvalue weighted by atomic mass is 10.1. The monoisotopic (exact) mass is 381 g/mol. The van der Waals surface area contributed by atoms with Crippen molar-refractivity contribution in [3.8, 4) is 11.6 Å². The summed E-state index contributed by atoms with van der Waals surface area (Å²) in [6.07, 6.45) is 5.85. The predicted molar refractivity (Wildman–Crippen MR) is 113 cm³/mol. The van der Waals surface area contributed by atoms with Crippen molar-refractivity contribution in [2.24, 2.45) is 4.99 Å². The van der Waals surface area contributed by atoms with Crippen LogP contribution in [0.25, 0.3) is 16.5 Å². The molecule has 2 aromatic carbocycles. The molecule has 0 saturated heterocycles. The number of nitrogens with one attached hydrogen (secondary N) is 1. The van der Waals surface area contributed by atoms with E-state index in [2.05, 4.69) is 16.9 Å². The molecule has 27 heavy (non-hydrogen) atoms. The van der Waals surface area contributed by atoms with Gasteiger partial charge in [0, 0.05) is 18.1 Å². The van der Waals surface area contributed by atoms with Crippen LogP contribution in [-0.4, -0.2) is 27.4 Å². The molecule has 0 saturated carbocycles. The van der Waals surface area contributed by atoms with Gasteiger partial charge in [0.05, 0.1) is 5.69 Å². The molecule has 0 atom stereocenters. The van der Waals surface area contributed by atoms with Crippen molar-refractivity contribution < 1.29 is 5.11 Å². The Morgan fingerprint density at radius 3 is 2.74 bits per heavy atom. The number of hydrogen-bond acceptors (Lipinski definition) is 4. The van der Waals surface area contributed by atoms with Crippen LogP contribution in [0.3, 0.4) is 0 Å². The highest BCUT2D eigenvalue weighted by atomic mass is 32.1. The van der Waals surface area contributed by atoms with Gasteiger partial charge in [0.25, 0.3) is 5.56 Å². The number of aliphatic imine (C=N–C) groups is 1. The van der Waals surface area contributed by atoms with E-state index in [1.807, 2.05) is 42.5 Å². The molecule has 1 heterocycles. The topological polar surface area (TPSA) is 70.4 Å². The standard InChI is InChI=1S/C21H23N3O2S/c1-2-3-4-7-13-22-14-17-19(25)23-21(27)24(20(17)26)18-12-8-10-15-9-5-6-11-16(15)18/h5-6,8-12,14,26H,2-4,7,13H2,1H3,(H,23,25,27). The molecule has 5 nitrogen and oxygen atoms in total. The number of unbranched alkanes of at least 4 members (excludes halogenated alkanes) is 3. The molecule has 0 aliphatic heterocycles. The van der Waals surface area contributed by atoms with Gasteiger partial charge in [-0.15, -0.1) is 0 Å². The van der Waals surface area contributed by atoms with Crippen molar-refractivity contribution in [3.05, 3.63) is 63.2 Å². The maximum absolute atomic E-state index is 12.3. The van der Waals surface area contributed by atoms with Gasteiger partial charge in [0.2, 0.25) is 5.88 Å². The normalized spacial score (nSPS) is 11.4. The van der Waals surface area contributed by atoms with E-state index in [1.165, 1.54) is 17.2 Å². The zero-order valence-electron chi connectivity index (χ0n) is 15.3. The van der Waals surface area contributed by atoms with Crippen LogP contribution in [0.1, 0.15) is 38.2 Å². The Bertz CT molecular complexity index is 1080. The summed E-state index contributed by atoms with van der Waals surface area (Å²) in [5.41, 5.74) is 0.391. The molecule has 3 rings (SSSR count). The highest BCUT2D eigenvalue weighted by molar-refractivity contribution is 7.71. The van der Waals surface area contributed by atoms with Crippen LogP contribution in [0.4, 0.5) is 0 Å². The van der Waals surface area contributed by atoms with Crippen molar-refractivity contribution in [2.45, 2.75) is 32.6 Å². The van der Waals surface area contributed by atoms with Gasteiger partial charge in [-0.05, 0) is 30.1 Å². The number of benzene rings is 2. The van der Waals surface area contributed by atoms with Gasteiger partial charge in [0.15, 0.2) is 4.77 Å². The number of hydrogen-bond donors (Lipinski definition) is 2. The largest absolute Gasteiger partial charge is 0.494 e. The second kappa shape index (κ2) is 8.77. The first-order valence-electron chi connectivity index (χ1n) is 9.19. The molecule has 0 unspecified atom stereocenters. The summed E-state index contributed by atoms with van der Waals surface area (Å²) in [5.74, 6) is -0.197. The van der Waals surface area contributed by atoms with Crippen LogP contribution in [-0.2, 0) is 0 Å². The van der Waals surface area contributed by atoms with E-state index in [9.17, 15) is 9.90 Å². The Morgan fingerprint density at radius 2 is 1.93 bits per heavy atom. The SMILES string of the molecule is CCCCCCN=Cc1c(O)n(-c2cccc3ccccc23)c(=S)[nH]c1=O. The minimum absolute atomic E-state index is 0.118. The van der Waals surface area contributed by atoms with Crippen molar-refractivity contribution in [1.29, 1.82) is 0 Å². The maximum Gasteiger partial charge on any atom is 0.264 e. The fourth-order valence-corrected chi connectivity index (χ4v) is 3.34. The van der Waals surface area contributed by atoms with E-state index in [1.54, 1.807) is 0 Å². The third kappa shape index (κ3) is 4.17. The van der Waals surface area contributed by atoms with Gasteiger partial charge in [-0.3, -0.25) is 19.3 Å². The van der Waals surface area contributed by atoms with E-state index < -0.39 is 5.56 Å². The molecule has 0 aliphatic rings. The predicted octanol–water partition coefficient (Wildman–Crippen LogP) is 4.75. The lowest BCUT2D eigenvalue weighted by molar-refractivity contribution is 0.433. The Morgan fingerprint density at radius 1 is 1.15 bits per heavy atom. The first-order valence-corrected chi connectivity index (χ1v) is 9.60. The number of aromatic hydroxyl groups is 1. The molecule has 1 aromatic heterocycles. The highest BCUT2D eigenvalue weighted by Gasteiger charge is 2.14. The van der Waals surface area contributed by atoms with Crippen LogP contribution in [0.15, 0.2) is 52.3 Å². The summed E-state index contributed by atoms with van der Waals surface area (Å²) in [5, 5.41) is 12.7. The Balaban J connectivity index is 2.03. The molecule has 3 aromatic rings. The summed E-state index contributed by atoms with van der Waals surface area (Å²) in [6.45, 7) is 2.78. The van der Waals surface area contributed by atoms with Crippen molar-refractivity contribution in [1.82, 2.24) is 9.55 Å². The van der Waals surface area contributed by atoms with Crippen molar-refractivity contribution in [2.75, 3.05) is 6.54 Å². The quantitative estimate of drug-likeness (QED) is 0.352. The van der Waals surface area contributed by atoms with E-state index in [0.29, 0.717) is 12.2 Å². The summed E-state index contributed by atoms with van der Waals surface area (Å²) in [7, 11) is 0. The van der Waals surface area contributed by atoms with Crippen molar-refractivity contribution >= 4 is 29.2 Å². The van der Waals surface area contributed by atoms with Gasteiger partial charge in [0.1, 0.15) is 5.56 Å². The van der Waals surface area contributed by atoms with Crippen LogP contribution < -0.4 is 5.56 Å². The second-order valence-corrected chi connectivity index (χ2v) is 6.81. The van der Waals surface area contributed by atoms with Crippen LogP contribution in [0, 0.1) is 4.77 Å². The molecule has 0 bridgehead atoms. The zero-order valence-corrected chi connectivity index (χ0v) is 16.1. The molecule has 140 valence electrons. The van der Waals surface area contributed by atoms with E-state index in [4.69, 9.17) is 12.2 Å². The molecule has 0 fully saturated rings. The van der Waals surface area contributed by atoms with E-state index >= 15 is 0 Å². The molecule has 0 aliphatic carbocycles. The molecule has 6 heteroatoms. The first-order chi connectivity index (χ1) is 13.1. The molecule has 0 spiro atoms. The average molecular weight is 382 g/mol. The van der Waals surface area contributed by atoms with Crippen molar-refractivity contribution in [3.63, 3.8) is 0 Å². The number of aromatic amines is 1. The molecule has 2 N–H and O–H groups in total. The number of nitrogens with zero attached hydrogens (tertiary/aromatic N) is 2. The summed E-state index contributed by atoms with van der Waals surface area (Å²) in [6, 6.07) is 13.6. The Labute approximate surface area is 163 Å². The first kappa shape index (κ1) is 19.0. The summed E-state index contributed by atoms with van der Waals surface area (Å²) < 4.78 is 1.63. The zero-order chi connectivity index (χ0) is 19.2. The third-order valence-corrected chi connectivity index (χ3v) is 4.77. The average Bonchev–Trinajstić information content (AvgIpc) is 2.66. The number of aromatic nitrogens is 2. The van der Waals surface area contributed by atoms with Crippen LogP contribution in [0.2, 0.25) is 0 Å². The van der Waals surface area contributed by atoms with Crippen LogP contribution >= 0.6 is 12.2 Å². The number of fused-ring (bicyclic) bond motifs is 1. The number of rotatable bonds is 7. The lowest BCUT2D eigenvalue weighted by Crippen LogP contribution is -2.18. The van der Waals surface area contributed by atoms with E-state index in [0.717, 1.165) is 30.0 Å². The fourth-order valence-electron chi connectivity index (χ4n) is 3.07. The molecular formula is C21H23N3O2S. The van der Waals surface area contributed by atoms with Gasteiger partial charge < -0.3 is 5.11 Å². The Hall–Kier alpha value is -2.73. The lowest BCUT2D eigenvalue weighted by Gasteiger charge is -2.13. The molecule has 0 radical (unpaired) electrons. The van der Waals surface area contributed by atoms with Gasteiger partial charge >= 0.3 is 0 Å². The highest BCUT2D eigenvalue weighted by Crippen LogP contribution is 2.26. The molecule has 0 amide bonds. The smallest absolute Gasteiger partial charge is 0.264 e. The Kier molecular flexibility index (Phi) is 6.19. The summed E-state index contributed by atoms with van der Waals surface area (Å²) >= 11 is 5.32. The molecular weight excluding hydrogens is 358 g/mol. The second-order valence-electron chi connectivity index (χ2n) is 6.43. The minimum atomic E-state index is -0.439. The minimum Gasteiger partial charge on any atom is -0.494 e. The fraction of sp³-hybridized carbons (Fsp3) is 0.286. The van der Waals surface area contributed by atoms with Gasteiger partial charge in [-0.2, -0.15) is 0 Å². The number of H-pyrrole nitrogens is 1. The maximum atomic E-state index is 12.3. The third-order valence-electron chi connectivity index (χ3n) is 4.49. The van der Waals surface area contributed by atoms with Crippen LogP contribution in [0.5, 0.6) is 5.88 Å². The van der Waals surface area contributed by atoms with Gasteiger partial charge in [-0.25, -0.2) is 0 Å². The van der Waals surface area contributed by atoms with E-state index in [-0.39, 0.29) is 16.2 Å². The summed E-state index contributed by atoms with van der Waals surface area (Å²) in [4.78, 5) is 19.2.